The highest BCUT2D eigenvalue weighted by Gasteiger charge is 2.38. The number of nitrogens with two attached hydrogens (primary N) is 1. The highest BCUT2D eigenvalue weighted by atomic mass is 79.9. The van der Waals surface area contributed by atoms with E-state index in [4.69, 9.17) is 15.6 Å². The Balaban J connectivity index is 3.18. The van der Waals surface area contributed by atoms with Gasteiger partial charge in [0.05, 0.1) is 17.1 Å². The molecule has 0 unspecified atom stereocenters. The van der Waals surface area contributed by atoms with E-state index in [0.29, 0.717) is 0 Å². The quantitative estimate of drug-likeness (QED) is 0.775. The molecule has 0 saturated carbocycles. The number of aliphatic hydroxyl groups is 1. The van der Waals surface area contributed by atoms with E-state index in [0.717, 1.165) is 0 Å². The van der Waals surface area contributed by atoms with Gasteiger partial charge in [0.1, 0.15) is 6.61 Å². The van der Waals surface area contributed by atoms with E-state index in [9.17, 15) is 13.9 Å². The van der Waals surface area contributed by atoms with Crippen LogP contribution in [-0.2, 0) is 0 Å². The second-order valence-corrected chi connectivity index (χ2v) is 4.53. The summed E-state index contributed by atoms with van der Waals surface area (Å²) in [4.78, 5) is 0. The van der Waals surface area contributed by atoms with Crippen molar-refractivity contribution in [3.63, 3.8) is 0 Å². The molecule has 7 heteroatoms. The van der Waals surface area contributed by atoms with Gasteiger partial charge in [-0.1, -0.05) is 0 Å². The molecule has 0 aliphatic rings. The molecule has 0 aliphatic carbocycles. The Morgan fingerprint density at radius 3 is 2.61 bits per heavy atom. The normalized spacial score (nSPS) is 13.4. The molecule has 0 aliphatic heterocycles. The molecule has 1 atom stereocenters. The Morgan fingerprint density at radius 1 is 1.50 bits per heavy atom. The van der Waals surface area contributed by atoms with Crippen molar-refractivity contribution in [2.24, 2.45) is 5.73 Å². The molecule has 0 spiro atoms. The Morgan fingerprint density at radius 2 is 2.11 bits per heavy atom. The van der Waals surface area contributed by atoms with Crippen molar-refractivity contribution in [2.45, 2.75) is 18.9 Å². The van der Waals surface area contributed by atoms with Gasteiger partial charge in [-0.15, -0.1) is 0 Å². The van der Waals surface area contributed by atoms with E-state index in [-0.39, 0.29) is 28.1 Å². The lowest BCUT2D eigenvalue weighted by atomic mass is 10.0. The molecular formula is C11H14BrF2NO3. The minimum absolute atomic E-state index is 0.0576. The maximum atomic E-state index is 13.3. The number of rotatable bonds is 5. The first kappa shape index (κ1) is 15.1. The minimum atomic E-state index is -3.44. The number of halogens is 3. The molecule has 0 amide bonds. The molecule has 1 aromatic rings. The van der Waals surface area contributed by atoms with Crippen LogP contribution in [0.2, 0.25) is 0 Å². The largest absolute Gasteiger partial charge is 0.503 e. The topological polar surface area (TPSA) is 75.7 Å². The van der Waals surface area contributed by atoms with Gasteiger partial charge in [0.2, 0.25) is 0 Å². The number of aromatic hydroxyl groups is 1. The molecule has 102 valence electrons. The summed E-state index contributed by atoms with van der Waals surface area (Å²) in [6.07, 6.45) is 0. The fraction of sp³-hybridized carbons (Fsp3) is 0.455. The Hall–Kier alpha value is -0.920. The fourth-order valence-electron chi connectivity index (χ4n) is 1.38. The number of phenols is 1. The zero-order chi connectivity index (χ0) is 13.9. The van der Waals surface area contributed by atoms with Crippen LogP contribution in [0.3, 0.4) is 0 Å². The first-order valence-corrected chi connectivity index (χ1v) is 6.02. The van der Waals surface area contributed by atoms with Gasteiger partial charge in [-0.2, -0.15) is 0 Å². The van der Waals surface area contributed by atoms with Gasteiger partial charge in [0.25, 0.3) is 5.92 Å². The van der Waals surface area contributed by atoms with E-state index >= 15 is 0 Å². The van der Waals surface area contributed by atoms with Gasteiger partial charge in [0.15, 0.2) is 11.5 Å². The molecule has 0 radical (unpaired) electrons. The van der Waals surface area contributed by atoms with Gasteiger partial charge in [-0.05, 0) is 40.5 Å². The van der Waals surface area contributed by atoms with Crippen LogP contribution in [0.4, 0.5) is 8.78 Å². The zero-order valence-electron chi connectivity index (χ0n) is 9.66. The number of aliphatic hydroxyl groups excluding tert-OH is 1. The first-order chi connectivity index (χ1) is 8.33. The van der Waals surface area contributed by atoms with Crippen molar-refractivity contribution >= 4 is 15.9 Å². The smallest absolute Gasteiger partial charge is 0.289 e. The van der Waals surface area contributed by atoms with Crippen molar-refractivity contribution in [1.82, 2.24) is 0 Å². The predicted molar refractivity (Wildman–Crippen MR) is 65.9 cm³/mol. The van der Waals surface area contributed by atoms with E-state index in [1.165, 1.54) is 12.1 Å². The van der Waals surface area contributed by atoms with Crippen LogP contribution in [0, 0.1) is 0 Å². The number of alkyl halides is 2. The van der Waals surface area contributed by atoms with Gasteiger partial charge < -0.3 is 20.7 Å². The molecule has 0 aromatic heterocycles. The fourth-order valence-corrected chi connectivity index (χ4v) is 1.84. The van der Waals surface area contributed by atoms with E-state index < -0.39 is 18.6 Å². The standard InChI is InChI=1S/C11H14BrF2NO3/c1-2-18-8-4-6(3-7(12)9(8)17)10(15)11(13,14)5-16/h3-4,10,16-17H,2,5,15H2,1H3/t10-/m1/s1. The van der Waals surface area contributed by atoms with Gasteiger partial charge in [-0.3, -0.25) is 0 Å². The zero-order valence-corrected chi connectivity index (χ0v) is 11.2. The number of hydrogen-bond acceptors (Lipinski definition) is 4. The number of phenolic OH excluding ortho intramolecular Hbond substituents is 1. The van der Waals surface area contributed by atoms with Crippen LogP contribution < -0.4 is 10.5 Å². The molecule has 1 aromatic carbocycles. The SMILES string of the molecule is CCOc1cc([C@@H](N)C(F)(F)CO)cc(Br)c1O. The van der Waals surface area contributed by atoms with Crippen LogP contribution in [0.15, 0.2) is 16.6 Å². The predicted octanol–water partition coefficient (Wildman–Crippen LogP) is 2.18. The number of ether oxygens (including phenoxy) is 1. The van der Waals surface area contributed by atoms with E-state index in [1.54, 1.807) is 6.92 Å². The average molecular weight is 326 g/mol. The summed E-state index contributed by atoms with van der Waals surface area (Å²) in [7, 11) is 0. The highest BCUT2D eigenvalue weighted by Crippen LogP contribution is 2.39. The summed E-state index contributed by atoms with van der Waals surface area (Å²) in [6.45, 7) is 0.619. The molecule has 0 saturated heterocycles. The maximum absolute atomic E-state index is 13.3. The second kappa shape index (κ2) is 5.81. The van der Waals surface area contributed by atoms with E-state index in [2.05, 4.69) is 15.9 Å². The van der Waals surface area contributed by atoms with Crippen molar-refractivity contribution < 1.29 is 23.7 Å². The highest BCUT2D eigenvalue weighted by molar-refractivity contribution is 9.10. The van der Waals surface area contributed by atoms with Crippen molar-refractivity contribution in [2.75, 3.05) is 13.2 Å². The van der Waals surface area contributed by atoms with Crippen LogP contribution >= 0.6 is 15.9 Å². The minimum Gasteiger partial charge on any atom is -0.503 e. The van der Waals surface area contributed by atoms with Crippen LogP contribution in [-0.4, -0.2) is 29.3 Å². The van der Waals surface area contributed by atoms with Crippen LogP contribution in [0.5, 0.6) is 11.5 Å². The second-order valence-electron chi connectivity index (χ2n) is 3.68. The third kappa shape index (κ3) is 3.09. The maximum Gasteiger partial charge on any atom is 0.289 e. The van der Waals surface area contributed by atoms with Crippen molar-refractivity contribution in [3.05, 3.63) is 22.2 Å². The lowest BCUT2D eigenvalue weighted by molar-refractivity contribution is -0.0712. The van der Waals surface area contributed by atoms with Crippen LogP contribution in [0.25, 0.3) is 0 Å². The van der Waals surface area contributed by atoms with Crippen LogP contribution in [0.1, 0.15) is 18.5 Å². The summed E-state index contributed by atoms with van der Waals surface area (Å²) < 4.78 is 31.9. The monoisotopic (exact) mass is 325 g/mol. The van der Waals surface area contributed by atoms with Gasteiger partial charge >= 0.3 is 0 Å². The lowest BCUT2D eigenvalue weighted by Crippen LogP contribution is -2.36. The molecule has 1 rings (SSSR count). The summed E-state index contributed by atoms with van der Waals surface area (Å²) >= 11 is 3.03. The summed E-state index contributed by atoms with van der Waals surface area (Å²) in [5.74, 6) is -3.56. The first-order valence-electron chi connectivity index (χ1n) is 5.23. The Kier molecular flexibility index (Phi) is 4.89. The Labute approximate surface area is 111 Å². The molecule has 4 nitrogen and oxygen atoms in total. The number of benzene rings is 1. The summed E-state index contributed by atoms with van der Waals surface area (Å²) in [5, 5.41) is 18.2. The summed E-state index contributed by atoms with van der Waals surface area (Å²) in [6, 6.07) is 0.822. The Bertz CT molecular complexity index is 429. The molecule has 4 N–H and O–H groups in total. The molecule has 0 heterocycles. The molecular weight excluding hydrogens is 312 g/mol. The van der Waals surface area contributed by atoms with Gasteiger partial charge in [-0.25, -0.2) is 8.78 Å². The number of hydrogen-bond donors (Lipinski definition) is 3. The third-order valence-electron chi connectivity index (χ3n) is 2.38. The van der Waals surface area contributed by atoms with Gasteiger partial charge in [0, 0.05) is 0 Å². The average Bonchev–Trinajstić information content (AvgIpc) is 2.34. The molecule has 18 heavy (non-hydrogen) atoms. The van der Waals surface area contributed by atoms with E-state index in [1.807, 2.05) is 0 Å². The van der Waals surface area contributed by atoms with Crippen molar-refractivity contribution in [3.8, 4) is 11.5 Å². The molecule has 0 fully saturated rings. The third-order valence-corrected chi connectivity index (χ3v) is 2.98. The lowest BCUT2D eigenvalue weighted by Gasteiger charge is -2.22. The molecule has 0 bridgehead atoms. The summed E-state index contributed by atoms with van der Waals surface area (Å²) in [5.41, 5.74) is 5.46. The van der Waals surface area contributed by atoms with Crippen molar-refractivity contribution in [1.29, 1.82) is 0 Å².